The molecule has 0 unspecified atom stereocenters. The third-order valence-corrected chi connectivity index (χ3v) is 4.24. The standard InChI is InChI=1S/C16H21NS/c1-3-4-5-9-12-15-13(2)18-16(17-15)14-10-7-6-8-11-14/h6-8,10-11H,3-5,9,12H2,1-2H3. The molecule has 0 N–H and O–H groups in total. The average Bonchev–Trinajstić information content (AvgIpc) is 2.77. The van der Waals surface area contributed by atoms with E-state index in [1.807, 2.05) is 11.3 Å². The molecule has 0 saturated carbocycles. The van der Waals surface area contributed by atoms with Crippen molar-refractivity contribution in [3.8, 4) is 10.6 Å². The molecule has 0 aliphatic heterocycles. The van der Waals surface area contributed by atoms with E-state index in [-0.39, 0.29) is 0 Å². The van der Waals surface area contributed by atoms with E-state index in [2.05, 4.69) is 44.2 Å². The Balaban J connectivity index is 2.03. The Bertz CT molecular complexity index is 473. The number of benzene rings is 1. The van der Waals surface area contributed by atoms with Crippen LogP contribution < -0.4 is 0 Å². The van der Waals surface area contributed by atoms with Crippen molar-refractivity contribution >= 4 is 11.3 Å². The molecule has 18 heavy (non-hydrogen) atoms. The summed E-state index contributed by atoms with van der Waals surface area (Å²) in [6.07, 6.45) is 6.37. The van der Waals surface area contributed by atoms with Gasteiger partial charge in [0.15, 0.2) is 0 Å². The minimum atomic E-state index is 1.13. The van der Waals surface area contributed by atoms with Crippen LogP contribution in [0.15, 0.2) is 30.3 Å². The summed E-state index contributed by atoms with van der Waals surface area (Å²) < 4.78 is 0. The van der Waals surface area contributed by atoms with E-state index < -0.39 is 0 Å². The number of nitrogens with zero attached hydrogens (tertiary/aromatic N) is 1. The highest BCUT2D eigenvalue weighted by molar-refractivity contribution is 7.15. The first-order valence-corrected chi connectivity index (χ1v) is 7.64. The fourth-order valence-corrected chi connectivity index (χ4v) is 3.05. The first kappa shape index (κ1) is 13.3. The van der Waals surface area contributed by atoms with Gasteiger partial charge in [-0.3, -0.25) is 0 Å². The highest BCUT2D eigenvalue weighted by Crippen LogP contribution is 2.28. The molecule has 0 radical (unpaired) electrons. The zero-order valence-electron chi connectivity index (χ0n) is 11.3. The summed E-state index contributed by atoms with van der Waals surface area (Å²) in [5.74, 6) is 0. The van der Waals surface area contributed by atoms with Gasteiger partial charge in [-0.05, 0) is 19.8 Å². The van der Waals surface area contributed by atoms with E-state index in [4.69, 9.17) is 4.98 Å². The molecule has 0 fully saturated rings. The molecule has 0 atom stereocenters. The highest BCUT2D eigenvalue weighted by atomic mass is 32.1. The monoisotopic (exact) mass is 259 g/mol. The number of aromatic nitrogens is 1. The summed E-state index contributed by atoms with van der Waals surface area (Å²) in [7, 11) is 0. The van der Waals surface area contributed by atoms with Gasteiger partial charge in [0.2, 0.25) is 0 Å². The van der Waals surface area contributed by atoms with Gasteiger partial charge < -0.3 is 0 Å². The molecule has 0 aliphatic rings. The molecule has 1 nitrogen and oxygen atoms in total. The summed E-state index contributed by atoms with van der Waals surface area (Å²) in [4.78, 5) is 6.18. The van der Waals surface area contributed by atoms with Gasteiger partial charge in [0.25, 0.3) is 0 Å². The van der Waals surface area contributed by atoms with Crippen molar-refractivity contribution in [3.05, 3.63) is 40.9 Å². The van der Waals surface area contributed by atoms with Crippen LogP contribution in [0.5, 0.6) is 0 Å². The first-order valence-electron chi connectivity index (χ1n) is 6.83. The van der Waals surface area contributed by atoms with E-state index >= 15 is 0 Å². The maximum absolute atomic E-state index is 4.80. The Morgan fingerprint density at radius 3 is 2.56 bits per heavy atom. The number of hydrogen-bond acceptors (Lipinski definition) is 2. The smallest absolute Gasteiger partial charge is 0.123 e. The number of hydrogen-bond donors (Lipinski definition) is 0. The lowest BCUT2D eigenvalue weighted by atomic mass is 10.1. The van der Waals surface area contributed by atoms with Gasteiger partial charge in [-0.1, -0.05) is 56.5 Å². The van der Waals surface area contributed by atoms with Crippen molar-refractivity contribution in [1.82, 2.24) is 4.98 Å². The van der Waals surface area contributed by atoms with Crippen LogP contribution in [0.1, 0.15) is 43.2 Å². The number of aryl methyl sites for hydroxylation is 2. The molecule has 2 rings (SSSR count). The summed E-state index contributed by atoms with van der Waals surface area (Å²) in [5, 5.41) is 1.17. The molecule has 0 spiro atoms. The first-order chi connectivity index (χ1) is 8.81. The number of thiazole rings is 1. The van der Waals surface area contributed by atoms with E-state index in [1.165, 1.54) is 46.8 Å². The Morgan fingerprint density at radius 2 is 1.83 bits per heavy atom. The van der Waals surface area contributed by atoms with Crippen LogP contribution in [0, 0.1) is 6.92 Å². The Labute approximate surface area is 114 Å². The maximum atomic E-state index is 4.80. The fraction of sp³-hybridized carbons (Fsp3) is 0.438. The number of unbranched alkanes of at least 4 members (excludes halogenated alkanes) is 3. The zero-order chi connectivity index (χ0) is 12.8. The molecule has 96 valence electrons. The van der Waals surface area contributed by atoms with Crippen molar-refractivity contribution in [1.29, 1.82) is 0 Å². The molecule has 0 aliphatic carbocycles. The average molecular weight is 259 g/mol. The molecule has 0 bridgehead atoms. The van der Waals surface area contributed by atoms with E-state index in [0.29, 0.717) is 0 Å². The van der Waals surface area contributed by atoms with Crippen LogP contribution in [0.2, 0.25) is 0 Å². The molecule has 0 saturated heterocycles. The molecular weight excluding hydrogens is 238 g/mol. The molecule has 1 aromatic heterocycles. The Hall–Kier alpha value is -1.15. The Morgan fingerprint density at radius 1 is 1.06 bits per heavy atom. The molecule has 1 aromatic carbocycles. The SMILES string of the molecule is CCCCCCc1nc(-c2ccccc2)sc1C. The van der Waals surface area contributed by atoms with Gasteiger partial charge in [-0.15, -0.1) is 11.3 Å². The molecule has 2 aromatic rings. The van der Waals surface area contributed by atoms with Crippen LogP contribution in [0.4, 0.5) is 0 Å². The van der Waals surface area contributed by atoms with Crippen molar-refractivity contribution in [2.75, 3.05) is 0 Å². The van der Waals surface area contributed by atoms with Crippen molar-refractivity contribution in [3.63, 3.8) is 0 Å². The van der Waals surface area contributed by atoms with Gasteiger partial charge in [0, 0.05) is 10.4 Å². The van der Waals surface area contributed by atoms with Crippen LogP contribution in [-0.4, -0.2) is 4.98 Å². The second kappa shape index (κ2) is 6.69. The summed E-state index contributed by atoms with van der Waals surface area (Å²) in [6, 6.07) is 10.5. The van der Waals surface area contributed by atoms with Gasteiger partial charge in [-0.2, -0.15) is 0 Å². The van der Waals surface area contributed by atoms with Crippen molar-refractivity contribution < 1.29 is 0 Å². The zero-order valence-corrected chi connectivity index (χ0v) is 12.1. The van der Waals surface area contributed by atoms with Gasteiger partial charge in [0.1, 0.15) is 5.01 Å². The predicted molar refractivity (Wildman–Crippen MR) is 80.1 cm³/mol. The van der Waals surface area contributed by atoms with Gasteiger partial charge in [-0.25, -0.2) is 4.98 Å². The third kappa shape index (κ3) is 3.42. The van der Waals surface area contributed by atoms with Crippen LogP contribution in [0.3, 0.4) is 0 Å². The maximum Gasteiger partial charge on any atom is 0.123 e. The largest absolute Gasteiger partial charge is 0.241 e. The highest BCUT2D eigenvalue weighted by Gasteiger charge is 2.08. The lowest BCUT2D eigenvalue weighted by Crippen LogP contribution is -1.88. The van der Waals surface area contributed by atoms with Crippen LogP contribution >= 0.6 is 11.3 Å². The second-order valence-corrected chi connectivity index (χ2v) is 5.90. The van der Waals surface area contributed by atoms with E-state index in [0.717, 1.165) is 6.42 Å². The Kier molecular flexibility index (Phi) is 4.94. The summed E-state index contributed by atoms with van der Waals surface area (Å²) in [6.45, 7) is 4.45. The molecule has 0 amide bonds. The normalized spacial score (nSPS) is 10.8. The van der Waals surface area contributed by atoms with Crippen molar-refractivity contribution in [2.45, 2.75) is 46.0 Å². The predicted octanol–water partition coefficient (Wildman–Crippen LogP) is 5.24. The second-order valence-electron chi connectivity index (χ2n) is 4.70. The number of rotatable bonds is 6. The van der Waals surface area contributed by atoms with Gasteiger partial charge >= 0.3 is 0 Å². The summed E-state index contributed by atoms with van der Waals surface area (Å²) in [5.41, 5.74) is 2.54. The van der Waals surface area contributed by atoms with Crippen LogP contribution in [-0.2, 0) is 6.42 Å². The topological polar surface area (TPSA) is 12.9 Å². The fourth-order valence-electron chi connectivity index (χ4n) is 2.08. The lowest BCUT2D eigenvalue weighted by Gasteiger charge is -1.98. The molecule has 1 heterocycles. The minimum Gasteiger partial charge on any atom is -0.241 e. The molecular formula is C16H21NS. The van der Waals surface area contributed by atoms with Crippen LogP contribution in [0.25, 0.3) is 10.6 Å². The quantitative estimate of drug-likeness (QED) is 0.646. The molecule has 2 heteroatoms. The third-order valence-electron chi connectivity index (χ3n) is 3.18. The lowest BCUT2D eigenvalue weighted by molar-refractivity contribution is 0.661. The summed E-state index contributed by atoms with van der Waals surface area (Å²) >= 11 is 1.82. The van der Waals surface area contributed by atoms with E-state index in [1.54, 1.807) is 0 Å². The minimum absolute atomic E-state index is 1.13. The van der Waals surface area contributed by atoms with Crippen molar-refractivity contribution in [2.24, 2.45) is 0 Å². The van der Waals surface area contributed by atoms with E-state index in [9.17, 15) is 0 Å². The van der Waals surface area contributed by atoms with Gasteiger partial charge in [0.05, 0.1) is 5.69 Å².